The van der Waals surface area contributed by atoms with Gasteiger partial charge in [-0.15, -0.1) is 0 Å². The summed E-state index contributed by atoms with van der Waals surface area (Å²) in [6.07, 6.45) is 1.05. The summed E-state index contributed by atoms with van der Waals surface area (Å²) in [6, 6.07) is 8.63. The quantitative estimate of drug-likeness (QED) is 0.866. The number of carbonyl (C=O) groups is 2. The summed E-state index contributed by atoms with van der Waals surface area (Å²) in [4.78, 5) is 23.4. The molecule has 0 aromatic heterocycles. The number of benzene rings is 2. The van der Waals surface area contributed by atoms with Gasteiger partial charge in [-0.3, -0.25) is 4.79 Å². The van der Waals surface area contributed by atoms with Gasteiger partial charge in [0.15, 0.2) is 5.78 Å². The molecule has 1 aliphatic rings. The van der Waals surface area contributed by atoms with Crippen LogP contribution in [-0.2, 0) is 12.8 Å². The number of aryl methyl sites for hydroxylation is 2. The number of hydrogen-bond acceptors (Lipinski definition) is 2. The molecule has 0 amide bonds. The minimum Gasteiger partial charge on any atom is -0.478 e. The van der Waals surface area contributed by atoms with Crippen molar-refractivity contribution >= 4 is 11.8 Å². The summed E-state index contributed by atoms with van der Waals surface area (Å²) >= 11 is 0. The zero-order chi connectivity index (χ0) is 14.3. The lowest BCUT2D eigenvalue weighted by molar-refractivity contribution is 0.0696. The maximum absolute atomic E-state index is 13.3. The van der Waals surface area contributed by atoms with Gasteiger partial charge in [0.25, 0.3) is 0 Å². The molecule has 0 fully saturated rings. The predicted octanol–water partition coefficient (Wildman–Crippen LogP) is 2.85. The molecule has 1 N–H and O–H groups in total. The second kappa shape index (κ2) is 4.56. The van der Waals surface area contributed by atoms with Crippen molar-refractivity contribution in [2.24, 2.45) is 0 Å². The van der Waals surface area contributed by atoms with Crippen LogP contribution in [0.25, 0.3) is 0 Å². The molecule has 0 atom stereocenters. The fraction of sp³-hybridized carbons (Fsp3) is 0.125. The molecule has 3 nitrogen and oxygen atoms in total. The molecule has 0 radical (unpaired) electrons. The van der Waals surface area contributed by atoms with Crippen molar-refractivity contribution in [1.82, 2.24) is 0 Å². The molecule has 0 unspecified atom stereocenters. The Morgan fingerprint density at radius 3 is 2.25 bits per heavy atom. The highest BCUT2D eigenvalue weighted by molar-refractivity contribution is 6.11. The smallest absolute Gasteiger partial charge is 0.335 e. The molecule has 0 saturated carbocycles. The molecule has 20 heavy (non-hydrogen) atoms. The molecule has 0 aliphatic heterocycles. The third-order valence-electron chi connectivity index (χ3n) is 3.57. The Labute approximate surface area is 114 Å². The van der Waals surface area contributed by atoms with Crippen molar-refractivity contribution in [2.75, 3.05) is 0 Å². The Bertz CT molecular complexity index is 734. The van der Waals surface area contributed by atoms with Crippen LogP contribution in [-0.4, -0.2) is 16.9 Å². The van der Waals surface area contributed by atoms with E-state index < -0.39 is 5.97 Å². The van der Waals surface area contributed by atoms with E-state index in [4.69, 9.17) is 5.11 Å². The van der Waals surface area contributed by atoms with Gasteiger partial charge in [0.2, 0.25) is 0 Å². The molecule has 0 spiro atoms. The first-order valence-corrected chi connectivity index (χ1v) is 6.25. The Morgan fingerprint density at radius 1 is 1.00 bits per heavy atom. The SMILES string of the molecule is O=C(O)c1ccc2c(c1)CCc1cc(F)ccc1C2=O. The Balaban J connectivity index is 2.14. The highest BCUT2D eigenvalue weighted by Crippen LogP contribution is 2.26. The van der Waals surface area contributed by atoms with Gasteiger partial charge in [-0.05, 0) is 60.4 Å². The number of carboxylic acids is 1. The number of carboxylic acid groups (broad SMARTS) is 1. The zero-order valence-electron chi connectivity index (χ0n) is 10.5. The Morgan fingerprint density at radius 2 is 1.60 bits per heavy atom. The van der Waals surface area contributed by atoms with Crippen LogP contribution in [0.2, 0.25) is 0 Å². The van der Waals surface area contributed by atoms with Crippen molar-refractivity contribution in [3.05, 3.63) is 70.0 Å². The lowest BCUT2D eigenvalue weighted by atomic mass is 9.97. The molecule has 2 aromatic carbocycles. The average Bonchev–Trinajstić information content (AvgIpc) is 2.56. The largest absolute Gasteiger partial charge is 0.478 e. The standard InChI is InChI=1S/C16H11FO3/c17-12-4-6-14-10(8-12)2-1-9-7-11(16(19)20)3-5-13(9)15(14)18/h3-8H,1-2H2,(H,19,20). The van der Waals surface area contributed by atoms with Gasteiger partial charge in [0, 0.05) is 11.1 Å². The van der Waals surface area contributed by atoms with Gasteiger partial charge >= 0.3 is 5.97 Å². The third kappa shape index (κ3) is 1.99. The fourth-order valence-electron chi connectivity index (χ4n) is 2.56. The lowest BCUT2D eigenvalue weighted by Crippen LogP contribution is -2.06. The van der Waals surface area contributed by atoms with Gasteiger partial charge in [0.05, 0.1) is 5.56 Å². The van der Waals surface area contributed by atoms with E-state index in [0.29, 0.717) is 35.1 Å². The van der Waals surface area contributed by atoms with Gasteiger partial charge in [-0.1, -0.05) is 0 Å². The van der Waals surface area contributed by atoms with Crippen LogP contribution in [0.3, 0.4) is 0 Å². The fourth-order valence-corrected chi connectivity index (χ4v) is 2.56. The van der Waals surface area contributed by atoms with Crippen molar-refractivity contribution in [3.63, 3.8) is 0 Å². The van der Waals surface area contributed by atoms with Crippen molar-refractivity contribution in [3.8, 4) is 0 Å². The number of fused-ring (bicyclic) bond motifs is 2. The monoisotopic (exact) mass is 270 g/mol. The molecule has 0 saturated heterocycles. The van der Waals surface area contributed by atoms with E-state index in [1.165, 1.54) is 30.3 Å². The van der Waals surface area contributed by atoms with Crippen molar-refractivity contribution in [2.45, 2.75) is 12.8 Å². The summed E-state index contributed by atoms with van der Waals surface area (Å²) in [6.45, 7) is 0. The third-order valence-corrected chi connectivity index (χ3v) is 3.57. The van der Waals surface area contributed by atoms with Crippen LogP contribution in [0, 0.1) is 5.82 Å². The van der Waals surface area contributed by atoms with E-state index >= 15 is 0 Å². The van der Waals surface area contributed by atoms with E-state index in [0.717, 1.165) is 0 Å². The lowest BCUT2D eigenvalue weighted by Gasteiger charge is -2.06. The van der Waals surface area contributed by atoms with Crippen LogP contribution < -0.4 is 0 Å². The minimum atomic E-state index is -1.02. The van der Waals surface area contributed by atoms with Crippen LogP contribution in [0.15, 0.2) is 36.4 Å². The minimum absolute atomic E-state index is 0.161. The second-order valence-electron chi connectivity index (χ2n) is 4.81. The van der Waals surface area contributed by atoms with E-state index in [2.05, 4.69) is 0 Å². The summed E-state index contributed by atoms with van der Waals surface area (Å²) in [5.41, 5.74) is 2.52. The van der Waals surface area contributed by atoms with E-state index in [9.17, 15) is 14.0 Å². The molecular formula is C16H11FO3. The summed E-state index contributed by atoms with van der Waals surface area (Å²) in [5.74, 6) is -1.56. The van der Waals surface area contributed by atoms with Crippen molar-refractivity contribution < 1.29 is 19.1 Å². The number of aromatic carboxylic acids is 1. The number of rotatable bonds is 1. The first kappa shape index (κ1) is 12.5. The number of ketones is 1. The van der Waals surface area contributed by atoms with Gasteiger partial charge in [-0.2, -0.15) is 0 Å². The highest BCUT2D eigenvalue weighted by Gasteiger charge is 2.22. The van der Waals surface area contributed by atoms with Crippen molar-refractivity contribution in [1.29, 1.82) is 0 Å². The van der Waals surface area contributed by atoms with Crippen LogP contribution in [0.4, 0.5) is 4.39 Å². The van der Waals surface area contributed by atoms with Crippen LogP contribution >= 0.6 is 0 Å². The number of hydrogen-bond donors (Lipinski definition) is 1. The van der Waals surface area contributed by atoms with Gasteiger partial charge in [-0.25, -0.2) is 9.18 Å². The summed E-state index contributed by atoms with van der Waals surface area (Å²) in [5, 5.41) is 9.00. The maximum Gasteiger partial charge on any atom is 0.335 e. The molecule has 3 rings (SSSR count). The zero-order valence-corrected chi connectivity index (χ0v) is 10.5. The highest BCUT2D eigenvalue weighted by atomic mass is 19.1. The second-order valence-corrected chi connectivity index (χ2v) is 4.81. The van der Waals surface area contributed by atoms with E-state index in [1.54, 1.807) is 6.07 Å². The Hall–Kier alpha value is -2.49. The average molecular weight is 270 g/mol. The van der Waals surface area contributed by atoms with E-state index in [1.807, 2.05) is 0 Å². The topological polar surface area (TPSA) is 54.4 Å². The molecule has 100 valence electrons. The normalized spacial score (nSPS) is 13.3. The number of halogens is 1. The maximum atomic E-state index is 13.3. The molecule has 2 aromatic rings. The summed E-state index contributed by atoms with van der Waals surface area (Å²) < 4.78 is 13.3. The summed E-state index contributed by atoms with van der Waals surface area (Å²) in [7, 11) is 0. The molecule has 0 bridgehead atoms. The van der Waals surface area contributed by atoms with Crippen LogP contribution in [0.1, 0.15) is 37.4 Å². The molecule has 4 heteroatoms. The Kier molecular flexibility index (Phi) is 2.86. The first-order valence-electron chi connectivity index (χ1n) is 6.25. The predicted molar refractivity (Wildman–Crippen MR) is 70.6 cm³/mol. The molecule has 1 aliphatic carbocycles. The molecule has 0 heterocycles. The van der Waals surface area contributed by atoms with E-state index in [-0.39, 0.29) is 17.2 Å². The van der Waals surface area contributed by atoms with Crippen LogP contribution in [0.5, 0.6) is 0 Å². The number of carbonyl (C=O) groups excluding carboxylic acids is 1. The molecular weight excluding hydrogens is 259 g/mol. The van der Waals surface area contributed by atoms with Gasteiger partial charge in [0.1, 0.15) is 5.82 Å². The van der Waals surface area contributed by atoms with Gasteiger partial charge < -0.3 is 5.11 Å². The first-order chi connectivity index (χ1) is 9.56.